The molecule has 3 heterocycles. The van der Waals surface area contributed by atoms with E-state index in [2.05, 4.69) is 39.4 Å². The minimum absolute atomic E-state index is 0.0999. The van der Waals surface area contributed by atoms with Crippen molar-refractivity contribution >= 4 is 11.5 Å². The highest BCUT2D eigenvalue weighted by atomic mass is 15.6. The lowest BCUT2D eigenvalue weighted by atomic mass is 9.80. The summed E-state index contributed by atoms with van der Waals surface area (Å²) in [5, 5.41) is 15.5. The second-order valence-electron chi connectivity index (χ2n) is 4.96. The summed E-state index contributed by atoms with van der Waals surface area (Å²) in [5.74, 6) is 1.34. The van der Waals surface area contributed by atoms with Gasteiger partial charge >= 0.3 is 0 Å². The van der Waals surface area contributed by atoms with Gasteiger partial charge in [-0.15, -0.1) is 14.8 Å². The molecule has 0 aliphatic carbocycles. The van der Waals surface area contributed by atoms with E-state index < -0.39 is 0 Å². The Hall–Kier alpha value is -1.76. The summed E-state index contributed by atoms with van der Waals surface area (Å²) >= 11 is 0. The second-order valence-corrected chi connectivity index (χ2v) is 4.96. The molecule has 2 N–H and O–H groups in total. The maximum absolute atomic E-state index is 6.25. The predicted molar refractivity (Wildman–Crippen MR) is 62.5 cm³/mol. The summed E-state index contributed by atoms with van der Waals surface area (Å²) in [6.07, 6.45) is 0. The summed E-state index contributed by atoms with van der Waals surface area (Å²) in [7, 11) is 0. The van der Waals surface area contributed by atoms with Gasteiger partial charge in [-0.25, -0.2) is 0 Å². The lowest BCUT2D eigenvalue weighted by Gasteiger charge is -2.50. The van der Waals surface area contributed by atoms with Crippen LogP contribution in [-0.4, -0.2) is 43.9 Å². The van der Waals surface area contributed by atoms with E-state index in [0.29, 0.717) is 11.6 Å². The van der Waals surface area contributed by atoms with Gasteiger partial charge in [0, 0.05) is 13.1 Å². The summed E-state index contributed by atoms with van der Waals surface area (Å²) in [5.41, 5.74) is 6.80. The topological polar surface area (TPSA) is 85.2 Å². The van der Waals surface area contributed by atoms with Crippen LogP contribution in [0.2, 0.25) is 0 Å². The van der Waals surface area contributed by atoms with Crippen LogP contribution >= 0.6 is 0 Å². The third kappa shape index (κ3) is 1.54. The fourth-order valence-electron chi connectivity index (χ4n) is 2.00. The molecular formula is C10H15N7. The van der Waals surface area contributed by atoms with Gasteiger partial charge in [0.05, 0.1) is 5.54 Å². The van der Waals surface area contributed by atoms with Crippen molar-refractivity contribution in [1.29, 1.82) is 0 Å². The summed E-state index contributed by atoms with van der Waals surface area (Å²) in [6.45, 7) is 5.95. The molecule has 90 valence electrons. The van der Waals surface area contributed by atoms with E-state index in [1.54, 1.807) is 0 Å². The van der Waals surface area contributed by atoms with Gasteiger partial charge in [0.1, 0.15) is 0 Å². The molecule has 0 aromatic carbocycles. The zero-order valence-electron chi connectivity index (χ0n) is 9.91. The lowest BCUT2D eigenvalue weighted by Crippen LogP contribution is -2.70. The van der Waals surface area contributed by atoms with Gasteiger partial charge < -0.3 is 10.6 Å². The number of aromatic nitrogens is 5. The smallest absolute Gasteiger partial charge is 0.200 e. The summed E-state index contributed by atoms with van der Waals surface area (Å²) in [6, 6.07) is 3.78. The Bertz CT molecular complexity index is 540. The molecule has 0 unspecified atom stereocenters. The molecule has 2 aromatic rings. The van der Waals surface area contributed by atoms with Crippen LogP contribution in [0.3, 0.4) is 0 Å². The van der Waals surface area contributed by atoms with Gasteiger partial charge in [0.25, 0.3) is 0 Å². The normalized spacial score (nSPS) is 18.7. The van der Waals surface area contributed by atoms with Gasteiger partial charge in [-0.2, -0.15) is 0 Å². The van der Waals surface area contributed by atoms with Crippen molar-refractivity contribution in [2.75, 3.05) is 18.0 Å². The summed E-state index contributed by atoms with van der Waals surface area (Å²) in [4.78, 5) is 2.14. The Balaban J connectivity index is 1.82. The number of nitrogens with zero attached hydrogens (tertiary/aromatic N) is 6. The first-order valence-corrected chi connectivity index (χ1v) is 5.68. The molecular weight excluding hydrogens is 218 g/mol. The summed E-state index contributed by atoms with van der Waals surface area (Å²) < 4.78 is 1.43. The quantitative estimate of drug-likeness (QED) is 0.766. The molecule has 7 heteroatoms. The molecule has 0 saturated carbocycles. The van der Waals surface area contributed by atoms with Gasteiger partial charge in [0.2, 0.25) is 0 Å². The van der Waals surface area contributed by atoms with Crippen molar-refractivity contribution in [3.63, 3.8) is 0 Å². The van der Waals surface area contributed by atoms with E-state index >= 15 is 0 Å². The first kappa shape index (κ1) is 10.4. The third-order valence-corrected chi connectivity index (χ3v) is 3.50. The largest absolute Gasteiger partial charge is 0.351 e. The van der Waals surface area contributed by atoms with E-state index in [4.69, 9.17) is 5.73 Å². The molecule has 1 aliphatic rings. The molecule has 1 fully saturated rings. The number of fused-ring (bicyclic) bond motifs is 1. The highest BCUT2D eigenvalue weighted by Crippen LogP contribution is 2.29. The Labute approximate surface area is 98.6 Å². The Morgan fingerprint density at radius 1 is 1.35 bits per heavy atom. The SMILES string of the molecule is CC(C)C1(N)CN(c2ccc3nnnn3n2)C1. The molecule has 0 amide bonds. The predicted octanol–water partition coefficient (Wildman–Crippen LogP) is -0.307. The minimum atomic E-state index is -0.0999. The van der Waals surface area contributed by atoms with E-state index in [9.17, 15) is 0 Å². The molecule has 1 aliphatic heterocycles. The van der Waals surface area contributed by atoms with Crippen molar-refractivity contribution in [3.05, 3.63) is 12.1 Å². The van der Waals surface area contributed by atoms with Crippen LogP contribution in [0.25, 0.3) is 5.65 Å². The molecule has 0 bridgehead atoms. The van der Waals surface area contributed by atoms with E-state index in [1.165, 1.54) is 4.63 Å². The van der Waals surface area contributed by atoms with Crippen LogP contribution in [0.15, 0.2) is 12.1 Å². The first-order chi connectivity index (χ1) is 8.08. The van der Waals surface area contributed by atoms with E-state index in [0.717, 1.165) is 18.9 Å². The van der Waals surface area contributed by atoms with Gasteiger partial charge in [-0.3, -0.25) is 0 Å². The molecule has 17 heavy (non-hydrogen) atoms. The van der Waals surface area contributed by atoms with Crippen LogP contribution in [-0.2, 0) is 0 Å². The van der Waals surface area contributed by atoms with Crippen molar-refractivity contribution < 1.29 is 0 Å². The van der Waals surface area contributed by atoms with Crippen LogP contribution in [0.1, 0.15) is 13.8 Å². The van der Waals surface area contributed by atoms with E-state index in [-0.39, 0.29) is 5.54 Å². The molecule has 3 rings (SSSR count). The van der Waals surface area contributed by atoms with Crippen LogP contribution < -0.4 is 10.6 Å². The van der Waals surface area contributed by atoms with Gasteiger partial charge in [0.15, 0.2) is 11.5 Å². The maximum Gasteiger partial charge on any atom is 0.200 e. The third-order valence-electron chi connectivity index (χ3n) is 3.50. The van der Waals surface area contributed by atoms with E-state index in [1.807, 2.05) is 12.1 Å². The van der Waals surface area contributed by atoms with Gasteiger partial charge in [-0.05, 0) is 28.5 Å². The Kier molecular flexibility index (Phi) is 2.06. The van der Waals surface area contributed by atoms with Crippen LogP contribution in [0.5, 0.6) is 0 Å². The zero-order valence-corrected chi connectivity index (χ0v) is 9.91. The highest BCUT2D eigenvalue weighted by molar-refractivity contribution is 5.48. The molecule has 0 radical (unpaired) electrons. The molecule has 7 nitrogen and oxygen atoms in total. The number of hydrogen-bond acceptors (Lipinski definition) is 6. The monoisotopic (exact) mass is 233 g/mol. The Morgan fingerprint density at radius 3 is 2.82 bits per heavy atom. The fourth-order valence-corrected chi connectivity index (χ4v) is 2.00. The number of anilines is 1. The zero-order chi connectivity index (χ0) is 12.0. The van der Waals surface area contributed by atoms with Crippen molar-refractivity contribution in [1.82, 2.24) is 25.3 Å². The molecule has 0 spiro atoms. The first-order valence-electron chi connectivity index (χ1n) is 5.68. The fraction of sp³-hybridized carbons (Fsp3) is 0.600. The van der Waals surface area contributed by atoms with Crippen LogP contribution in [0.4, 0.5) is 5.82 Å². The molecule has 1 saturated heterocycles. The highest BCUT2D eigenvalue weighted by Gasteiger charge is 2.42. The number of tetrazole rings is 1. The molecule has 2 aromatic heterocycles. The number of hydrogen-bond donors (Lipinski definition) is 1. The van der Waals surface area contributed by atoms with Gasteiger partial charge in [-0.1, -0.05) is 13.8 Å². The van der Waals surface area contributed by atoms with Crippen molar-refractivity contribution in [2.45, 2.75) is 19.4 Å². The molecule has 0 atom stereocenters. The second kappa shape index (κ2) is 3.36. The average Bonchev–Trinajstić information content (AvgIpc) is 2.71. The average molecular weight is 233 g/mol. The Morgan fingerprint density at radius 2 is 2.12 bits per heavy atom. The van der Waals surface area contributed by atoms with Crippen molar-refractivity contribution in [2.24, 2.45) is 11.7 Å². The van der Waals surface area contributed by atoms with Crippen LogP contribution in [0, 0.1) is 5.92 Å². The van der Waals surface area contributed by atoms with Crippen molar-refractivity contribution in [3.8, 4) is 0 Å². The number of nitrogens with two attached hydrogens (primary N) is 1. The maximum atomic E-state index is 6.25. The lowest BCUT2D eigenvalue weighted by molar-refractivity contribution is 0.243. The minimum Gasteiger partial charge on any atom is -0.351 e. The standard InChI is InChI=1S/C10H15N7/c1-7(2)10(11)5-16(6-10)9-4-3-8-12-14-15-17(8)13-9/h3-4,7H,5-6,11H2,1-2H3. The number of rotatable bonds is 2.